The van der Waals surface area contributed by atoms with E-state index < -0.39 is 29.3 Å². The third-order valence-corrected chi connectivity index (χ3v) is 8.74. The number of nitriles is 1. The fourth-order valence-corrected chi connectivity index (χ4v) is 6.77. The molecule has 2 N–H and O–H groups in total. The molecule has 6 rings (SSSR count). The van der Waals surface area contributed by atoms with Crippen molar-refractivity contribution >= 4 is 28.9 Å². The standard InChI is InChI=1S/C35H32F2N4O5/c1-35(2,3)46-34(45)39-29-13-21-8-10-30(29)41(21)32(42)19-7-9-22(23(11-19)18-5-6-20(16-38)27(36)12-18)24-14-25-26(33(43)44)17-40(4)31(25)15-28(24)37/h5-7,9,11-12,14-15,17,21,29-30H,8,10,13H2,1-4H3,(H,39,45)(H,43,44)/t21-,29+,30+/m1/s1. The number of amides is 2. The van der Waals surface area contributed by atoms with Crippen molar-refractivity contribution in [1.82, 2.24) is 14.8 Å². The molecular weight excluding hydrogens is 594 g/mol. The van der Waals surface area contributed by atoms with E-state index in [1.807, 2.05) is 0 Å². The number of aryl methyl sites for hydroxylation is 1. The van der Waals surface area contributed by atoms with Gasteiger partial charge in [-0.15, -0.1) is 0 Å². The van der Waals surface area contributed by atoms with Crippen LogP contribution in [0.2, 0.25) is 0 Å². The molecular formula is C35H32F2N4O5. The second-order valence-electron chi connectivity index (χ2n) is 12.9. The molecule has 2 saturated heterocycles. The molecule has 9 nitrogen and oxygen atoms in total. The molecule has 3 atom stereocenters. The molecule has 236 valence electrons. The van der Waals surface area contributed by atoms with Crippen molar-refractivity contribution in [2.75, 3.05) is 0 Å². The Balaban J connectivity index is 1.42. The van der Waals surface area contributed by atoms with Gasteiger partial charge in [0.15, 0.2) is 0 Å². The predicted molar refractivity (Wildman–Crippen MR) is 166 cm³/mol. The SMILES string of the molecule is Cn1cc(C(=O)O)c2cc(-c3ccc(C(=O)N4[C@@H]5CC[C@H]4[C@@H](NC(=O)OC(C)(C)C)C5)cc3-c3ccc(C#N)c(F)c3)c(F)cc21. The normalized spacial score (nSPS) is 18.9. The molecule has 0 saturated carbocycles. The summed E-state index contributed by atoms with van der Waals surface area (Å²) in [4.78, 5) is 40.3. The fourth-order valence-electron chi connectivity index (χ4n) is 6.77. The number of nitrogens with one attached hydrogen (secondary N) is 1. The molecule has 0 spiro atoms. The summed E-state index contributed by atoms with van der Waals surface area (Å²) in [5, 5.41) is 22.3. The number of carbonyl (C=O) groups excluding carboxylic acids is 2. The minimum atomic E-state index is -1.17. The lowest BCUT2D eigenvalue weighted by Crippen LogP contribution is -2.46. The first-order chi connectivity index (χ1) is 21.8. The molecule has 4 aromatic rings. The van der Waals surface area contributed by atoms with Crippen LogP contribution in [0.15, 0.2) is 54.7 Å². The molecule has 0 unspecified atom stereocenters. The highest BCUT2D eigenvalue weighted by Gasteiger charge is 2.49. The van der Waals surface area contributed by atoms with Crippen molar-refractivity contribution < 1.29 is 33.0 Å². The quantitative estimate of drug-likeness (QED) is 0.256. The van der Waals surface area contributed by atoms with E-state index in [4.69, 9.17) is 4.74 Å². The van der Waals surface area contributed by atoms with Crippen LogP contribution in [0.1, 0.15) is 66.3 Å². The van der Waals surface area contributed by atoms with Gasteiger partial charge in [-0.1, -0.05) is 12.1 Å². The van der Waals surface area contributed by atoms with Crippen LogP contribution in [0, 0.1) is 23.0 Å². The maximum absolute atomic E-state index is 15.8. The predicted octanol–water partition coefficient (Wildman–Crippen LogP) is 6.63. The number of fused-ring (bicyclic) bond motifs is 3. The summed E-state index contributed by atoms with van der Waals surface area (Å²) in [5.74, 6) is -2.86. The number of alkyl carbamates (subject to hydrolysis) is 1. The molecule has 2 fully saturated rings. The average molecular weight is 627 g/mol. The number of carbonyl (C=O) groups is 3. The van der Waals surface area contributed by atoms with Crippen molar-refractivity contribution in [2.45, 2.75) is 63.8 Å². The molecule has 1 aromatic heterocycles. The molecule has 2 aliphatic rings. The van der Waals surface area contributed by atoms with Gasteiger partial charge in [0.1, 0.15) is 23.3 Å². The van der Waals surface area contributed by atoms with Crippen LogP contribution < -0.4 is 5.32 Å². The number of nitrogens with zero attached hydrogens (tertiary/aromatic N) is 3. The van der Waals surface area contributed by atoms with E-state index in [0.29, 0.717) is 40.4 Å². The minimum Gasteiger partial charge on any atom is -0.478 e. The lowest BCUT2D eigenvalue weighted by molar-refractivity contribution is 0.0484. The van der Waals surface area contributed by atoms with Crippen LogP contribution in [0.4, 0.5) is 13.6 Å². The smallest absolute Gasteiger partial charge is 0.407 e. The van der Waals surface area contributed by atoms with Crippen LogP contribution >= 0.6 is 0 Å². The van der Waals surface area contributed by atoms with Gasteiger partial charge < -0.3 is 24.6 Å². The number of carboxylic acids is 1. The van der Waals surface area contributed by atoms with Crippen LogP contribution in [-0.4, -0.2) is 56.3 Å². The summed E-state index contributed by atoms with van der Waals surface area (Å²) >= 11 is 0. The van der Waals surface area contributed by atoms with Gasteiger partial charge in [0, 0.05) is 35.8 Å². The zero-order valence-electron chi connectivity index (χ0n) is 25.7. The van der Waals surface area contributed by atoms with E-state index in [1.54, 1.807) is 57.0 Å². The Morgan fingerprint density at radius 2 is 1.76 bits per heavy atom. The zero-order chi connectivity index (χ0) is 33.1. The fraction of sp³-hybridized carbons (Fsp3) is 0.314. The first kappa shape index (κ1) is 30.8. The Morgan fingerprint density at radius 1 is 1.00 bits per heavy atom. The lowest BCUT2D eigenvalue weighted by Gasteiger charge is -2.27. The van der Waals surface area contributed by atoms with Crippen LogP contribution in [0.3, 0.4) is 0 Å². The van der Waals surface area contributed by atoms with E-state index in [1.165, 1.54) is 35.0 Å². The molecule has 3 aromatic carbocycles. The Kier molecular flexibility index (Phi) is 7.55. The molecule has 0 aliphatic carbocycles. The number of rotatable bonds is 5. The number of hydrogen-bond donors (Lipinski definition) is 2. The number of aromatic carboxylic acids is 1. The van der Waals surface area contributed by atoms with Crippen molar-refractivity contribution in [2.24, 2.45) is 7.05 Å². The van der Waals surface area contributed by atoms with E-state index in [-0.39, 0.29) is 46.3 Å². The van der Waals surface area contributed by atoms with Crippen molar-refractivity contribution in [3.8, 4) is 28.3 Å². The van der Waals surface area contributed by atoms with Crippen molar-refractivity contribution in [3.63, 3.8) is 0 Å². The number of hydrogen-bond acceptors (Lipinski definition) is 5. The molecule has 2 aliphatic heterocycles. The van der Waals surface area contributed by atoms with Crippen molar-refractivity contribution in [3.05, 3.63) is 83.1 Å². The number of ether oxygens (including phenoxy) is 1. The summed E-state index contributed by atoms with van der Waals surface area (Å²) in [5.41, 5.74) is 0.850. The van der Waals surface area contributed by atoms with Gasteiger partial charge in [-0.05, 0) is 93.1 Å². The van der Waals surface area contributed by atoms with Gasteiger partial charge >= 0.3 is 12.1 Å². The van der Waals surface area contributed by atoms with E-state index in [2.05, 4.69) is 5.32 Å². The maximum atomic E-state index is 15.8. The Hall–Kier alpha value is -5.24. The first-order valence-corrected chi connectivity index (χ1v) is 14.9. The maximum Gasteiger partial charge on any atom is 0.407 e. The molecule has 2 amide bonds. The molecule has 46 heavy (non-hydrogen) atoms. The third-order valence-electron chi connectivity index (χ3n) is 8.74. The highest BCUT2D eigenvalue weighted by molar-refractivity contribution is 6.05. The Bertz CT molecular complexity index is 1970. The van der Waals surface area contributed by atoms with E-state index in [9.17, 15) is 29.1 Å². The van der Waals surface area contributed by atoms with Crippen LogP contribution in [0.5, 0.6) is 0 Å². The largest absolute Gasteiger partial charge is 0.478 e. The highest BCUT2D eigenvalue weighted by Crippen LogP contribution is 2.41. The van der Waals surface area contributed by atoms with E-state index >= 15 is 4.39 Å². The lowest BCUT2D eigenvalue weighted by atomic mass is 9.91. The number of carboxylic acid groups (broad SMARTS) is 1. The summed E-state index contributed by atoms with van der Waals surface area (Å²) in [6.45, 7) is 5.33. The number of halogens is 2. The Morgan fingerprint density at radius 3 is 2.43 bits per heavy atom. The molecule has 2 bridgehead atoms. The monoisotopic (exact) mass is 626 g/mol. The third kappa shape index (κ3) is 5.44. The summed E-state index contributed by atoms with van der Waals surface area (Å²) in [6.07, 6.45) is 2.93. The van der Waals surface area contributed by atoms with Gasteiger partial charge in [-0.3, -0.25) is 4.79 Å². The minimum absolute atomic E-state index is 0.00410. The second-order valence-corrected chi connectivity index (χ2v) is 12.9. The molecule has 0 radical (unpaired) electrons. The van der Waals surface area contributed by atoms with Crippen LogP contribution in [0.25, 0.3) is 33.2 Å². The average Bonchev–Trinajstić information content (AvgIpc) is 3.65. The van der Waals surface area contributed by atoms with Gasteiger partial charge in [0.05, 0.1) is 28.7 Å². The first-order valence-electron chi connectivity index (χ1n) is 14.9. The summed E-state index contributed by atoms with van der Waals surface area (Å²) in [6, 6.07) is 12.6. The summed E-state index contributed by atoms with van der Waals surface area (Å²) < 4.78 is 37.6. The second kappa shape index (κ2) is 11.3. The zero-order valence-corrected chi connectivity index (χ0v) is 25.7. The Labute approximate surface area is 264 Å². The van der Waals surface area contributed by atoms with Gasteiger partial charge in [-0.25, -0.2) is 18.4 Å². The van der Waals surface area contributed by atoms with Gasteiger partial charge in [-0.2, -0.15) is 5.26 Å². The van der Waals surface area contributed by atoms with Crippen LogP contribution in [-0.2, 0) is 11.8 Å². The summed E-state index contributed by atoms with van der Waals surface area (Å²) in [7, 11) is 1.62. The van der Waals surface area contributed by atoms with Gasteiger partial charge in [0.2, 0.25) is 0 Å². The van der Waals surface area contributed by atoms with Gasteiger partial charge in [0.25, 0.3) is 5.91 Å². The topological polar surface area (TPSA) is 125 Å². The highest BCUT2D eigenvalue weighted by atomic mass is 19.1. The van der Waals surface area contributed by atoms with E-state index in [0.717, 1.165) is 12.5 Å². The molecule has 11 heteroatoms. The molecule has 3 heterocycles. The number of benzene rings is 3. The number of aromatic nitrogens is 1. The van der Waals surface area contributed by atoms with Crippen molar-refractivity contribution in [1.29, 1.82) is 5.26 Å².